The molecule has 6 nitrogen and oxygen atoms in total. The van der Waals surface area contributed by atoms with Gasteiger partial charge in [-0.2, -0.15) is 10.1 Å². The lowest BCUT2D eigenvalue weighted by atomic mass is 10.2. The van der Waals surface area contributed by atoms with Gasteiger partial charge in [0.2, 0.25) is 5.95 Å². The Hall–Kier alpha value is -2.86. The predicted octanol–water partition coefficient (Wildman–Crippen LogP) is 3.89. The number of nitrogens with zero attached hydrogens (tertiary/aromatic N) is 3. The summed E-state index contributed by atoms with van der Waals surface area (Å²) in [5.41, 5.74) is 1.88. The summed E-state index contributed by atoms with van der Waals surface area (Å²) in [5.74, 6) is 1.74. The van der Waals surface area contributed by atoms with Crippen molar-refractivity contribution in [2.45, 2.75) is 6.54 Å². The van der Waals surface area contributed by atoms with Gasteiger partial charge < -0.3 is 15.4 Å². The lowest BCUT2D eigenvalue weighted by molar-refractivity contribution is 0.417. The Kier molecular flexibility index (Phi) is 5.08. The first-order valence-electron chi connectivity index (χ1n) is 7.32. The Bertz CT molecular complexity index is 810. The summed E-state index contributed by atoms with van der Waals surface area (Å²) in [6.07, 6.45) is 1.56. The van der Waals surface area contributed by atoms with E-state index >= 15 is 0 Å². The number of hydrogen-bond acceptors (Lipinski definition) is 6. The molecule has 7 heteroatoms. The summed E-state index contributed by atoms with van der Waals surface area (Å²) in [5, 5.41) is 15.0. The summed E-state index contributed by atoms with van der Waals surface area (Å²) < 4.78 is 5.31. The number of methoxy groups -OCH3 is 1. The van der Waals surface area contributed by atoms with Crippen LogP contribution in [0.3, 0.4) is 0 Å². The van der Waals surface area contributed by atoms with Gasteiger partial charge >= 0.3 is 0 Å². The number of aromatic nitrogens is 3. The maximum absolute atomic E-state index is 5.88. The molecule has 0 saturated carbocycles. The highest BCUT2D eigenvalue weighted by molar-refractivity contribution is 6.30. The first-order valence-corrected chi connectivity index (χ1v) is 7.70. The third-order valence-electron chi connectivity index (χ3n) is 3.29. The van der Waals surface area contributed by atoms with Gasteiger partial charge in [-0.15, -0.1) is 5.10 Å². The third kappa shape index (κ3) is 4.11. The van der Waals surface area contributed by atoms with Crippen LogP contribution in [0.4, 0.5) is 17.5 Å². The summed E-state index contributed by atoms with van der Waals surface area (Å²) in [7, 11) is 1.62. The van der Waals surface area contributed by atoms with Crippen molar-refractivity contribution in [3.63, 3.8) is 0 Å². The normalized spacial score (nSPS) is 10.2. The van der Waals surface area contributed by atoms with E-state index in [0.717, 1.165) is 17.0 Å². The quantitative estimate of drug-likeness (QED) is 0.708. The molecule has 24 heavy (non-hydrogen) atoms. The zero-order valence-corrected chi connectivity index (χ0v) is 13.8. The Morgan fingerprint density at radius 3 is 2.67 bits per heavy atom. The molecule has 0 radical (unpaired) electrons. The minimum Gasteiger partial charge on any atom is -0.495 e. The van der Waals surface area contributed by atoms with Gasteiger partial charge in [0, 0.05) is 11.6 Å². The summed E-state index contributed by atoms with van der Waals surface area (Å²) in [4.78, 5) is 4.40. The van der Waals surface area contributed by atoms with Crippen LogP contribution in [0.1, 0.15) is 5.56 Å². The smallest absolute Gasteiger partial charge is 0.244 e. The van der Waals surface area contributed by atoms with Crippen molar-refractivity contribution in [3.05, 3.63) is 65.3 Å². The molecule has 0 atom stereocenters. The second kappa shape index (κ2) is 7.61. The topological polar surface area (TPSA) is 72.0 Å². The van der Waals surface area contributed by atoms with Gasteiger partial charge in [0.15, 0.2) is 5.82 Å². The van der Waals surface area contributed by atoms with E-state index in [9.17, 15) is 0 Å². The number of hydrogen-bond donors (Lipinski definition) is 2. The molecule has 2 N–H and O–H groups in total. The second-order valence-electron chi connectivity index (χ2n) is 4.97. The number of anilines is 3. The van der Waals surface area contributed by atoms with E-state index in [4.69, 9.17) is 16.3 Å². The molecule has 0 bridgehead atoms. The van der Waals surface area contributed by atoms with Crippen molar-refractivity contribution in [2.75, 3.05) is 17.7 Å². The molecule has 0 saturated heterocycles. The van der Waals surface area contributed by atoms with E-state index in [-0.39, 0.29) is 0 Å². The predicted molar refractivity (Wildman–Crippen MR) is 94.9 cm³/mol. The number of ether oxygens (including phenoxy) is 1. The molecule has 3 aromatic rings. The standard InChI is InChI=1S/C17H16ClN5O/c1-24-15-5-3-2-4-14(15)21-16-11-20-23-17(22-16)19-10-12-6-8-13(18)9-7-12/h2-9,11H,10H2,1H3,(H2,19,21,22,23). The molecule has 0 aliphatic rings. The number of halogens is 1. The van der Waals surface area contributed by atoms with Gasteiger partial charge in [0.05, 0.1) is 19.0 Å². The van der Waals surface area contributed by atoms with Crippen LogP contribution in [-0.2, 0) is 6.54 Å². The fourth-order valence-electron chi connectivity index (χ4n) is 2.11. The largest absolute Gasteiger partial charge is 0.495 e. The molecular weight excluding hydrogens is 326 g/mol. The fourth-order valence-corrected chi connectivity index (χ4v) is 2.23. The van der Waals surface area contributed by atoms with Crippen LogP contribution >= 0.6 is 11.6 Å². The van der Waals surface area contributed by atoms with Gasteiger partial charge in [-0.05, 0) is 29.8 Å². The molecule has 1 aromatic heterocycles. The average molecular weight is 342 g/mol. The molecule has 0 unspecified atom stereocenters. The van der Waals surface area contributed by atoms with E-state index in [1.807, 2.05) is 48.5 Å². The molecular formula is C17H16ClN5O. The highest BCUT2D eigenvalue weighted by Crippen LogP contribution is 2.26. The van der Waals surface area contributed by atoms with Crippen LogP contribution in [0, 0.1) is 0 Å². The molecule has 0 amide bonds. The summed E-state index contributed by atoms with van der Waals surface area (Å²) in [6, 6.07) is 15.2. The Morgan fingerprint density at radius 1 is 1.08 bits per heavy atom. The Morgan fingerprint density at radius 2 is 1.88 bits per heavy atom. The number of nitrogens with one attached hydrogen (secondary N) is 2. The fraction of sp³-hybridized carbons (Fsp3) is 0.118. The lowest BCUT2D eigenvalue weighted by Gasteiger charge is -2.10. The van der Waals surface area contributed by atoms with Crippen molar-refractivity contribution in [3.8, 4) is 5.75 Å². The van der Waals surface area contributed by atoms with Gasteiger partial charge in [0.25, 0.3) is 0 Å². The summed E-state index contributed by atoms with van der Waals surface area (Å²) in [6.45, 7) is 0.580. The van der Waals surface area contributed by atoms with Gasteiger partial charge in [-0.1, -0.05) is 35.9 Å². The third-order valence-corrected chi connectivity index (χ3v) is 3.54. The highest BCUT2D eigenvalue weighted by atomic mass is 35.5. The highest BCUT2D eigenvalue weighted by Gasteiger charge is 2.05. The van der Waals surface area contributed by atoms with Crippen LogP contribution < -0.4 is 15.4 Å². The van der Waals surface area contributed by atoms with E-state index in [0.29, 0.717) is 23.3 Å². The van der Waals surface area contributed by atoms with Crippen molar-refractivity contribution < 1.29 is 4.74 Å². The minimum atomic E-state index is 0.435. The molecule has 0 aliphatic heterocycles. The maximum atomic E-state index is 5.88. The van der Waals surface area contributed by atoms with Crippen LogP contribution in [-0.4, -0.2) is 22.3 Å². The molecule has 2 aromatic carbocycles. The molecule has 0 spiro atoms. The van der Waals surface area contributed by atoms with Crippen molar-refractivity contribution in [2.24, 2.45) is 0 Å². The number of para-hydroxylation sites is 2. The van der Waals surface area contributed by atoms with Crippen LogP contribution in [0.15, 0.2) is 54.7 Å². The van der Waals surface area contributed by atoms with Gasteiger partial charge in [0.1, 0.15) is 5.75 Å². The van der Waals surface area contributed by atoms with Gasteiger partial charge in [-0.3, -0.25) is 0 Å². The first kappa shape index (κ1) is 16.0. The minimum absolute atomic E-state index is 0.435. The van der Waals surface area contributed by atoms with Crippen LogP contribution in [0.5, 0.6) is 5.75 Å². The van der Waals surface area contributed by atoms with Gasteiger partial charge in [-0.25, -0.2) is 0 Å². The summed E-state index contributed by atoms with van der Waals surface area (Å²) >= 11 is 5.88. The number of benzene rings is 2. The van der Waals surface area contributed by atoms with E-state index in [1.165, 1.54) is 0 Å². The van der Waals surface area contributed by atoms with Crippen LogP contribution in [0.25, 0.3) is 0 Å². The van der Waals surface area contributed by atoms with E-state index < -0.39 is 0 Å². The Balaban J connectivity index is 1.68. The maximum Gasteiger partial charge on any atom is 0.244 e. The number of rotatable bonds is 6. The first-order chi connectivity index (χ1) is 11.7. The Labute approximate surface area is 144 Å². The molecule has 1 heterocycles. The zero-order valence-electron chi connectivity index (χ0n) is 13.0. The van der Waals surface area contributed by atoms with Crippen molar-refractivity contribution >= 4 is 29.1 Å². The molecule has 122 valence electrons. The van der Waals surface area contributed by atoms with E-state index in [1.54, 1.807) is 13.3 Å². The zero-order chi connectivity index (χ0) is 16.8. The molecule has 0 fully saturated rings. The lowest BCUT2D eigenvalue weighted by Crippen LogP contribution is -2.06. The SMILES string of the molecule is COc1ccccc1Nc1cnnc(NCc2ccc(Cl)cc2)n1. The van der Waals surface area contributed by atoms with E-state index in [2.05, 4.69) is 25.8 Å². The second-order valence-corrected chi connectivity index (χ2v) is 5.41. The van der Waals surface area contributed by atoms with Crippen molar-refractivity contribution in [1.29, 1.82) is 0 Å². The monoisotopic (exact) mass is 341 g/mol. The molecule has 3 rings (SSSR count). The molecule has 0 aliphatic carbocycles. The van der Waals surface area contributed by atoms with Crippen molar-refractivity contribution in [1.82, 2.24) is 15.2 Å². The van der Waals surface area contributed by atoms with Crippen LogP contribution in [0.2, 0.25) is 5.02 Å². The average Bonchev–Trinajstić information content (AvgIpc) is 2.62.